The van der Waals surface area contributed by atoms with E-state index in [9.17, 15) is 4.79 Å². The van der Waals surface area contributed by atoms with Crippen LogP contribution in [0.25, 0.3) is 10.9 Å². The number of hydrogen-bond acceptors (Lipinski definition) is 3. The van der Waals surface area contributed by atoms with Crippen LogP contribution in [0.3, 0.4) is 0 Å². The topological polar surface area (TPSA) is 48.6 Å². The van der Waals surface area contributed by atoms with Gasteiger partial charge in [-0.3, -0.25) is 4.79 Å². The molecule has 5 nitrogen and oxygen atoms in total. The molecule has 0 aliphatic rings. The van der Waals surface area contributed by atoms with Gasteiger partial charge in [0.2, 0.25) is 5.91 Å². The summed E-state index contributed by atoms with van der Waals surface area (Å²) < 4.78 is 5.28. The molecule has 126 valence electrons. The van der Waals surface area contributed by atoms with Crippen LogP contribution in [0.2, 0.25) is 0 Å². The molecule has 0 aliphatic heterocycles. The van der Waals surface area contributed by atoms with E-state index in [2.05, 4.69) is 24.0 Å². The van der Waals surface area contributed by atoms with Crippen LogP contribution in [-0.4, -0.2) is 61.5 Å². The predicted octanol–water partition coefficient (Wildman–Crippen LogP) is 2.52. The van der Waals surface area contributed by atoms with Crippen LogP contribution in [0.5, 0.6) is 5.75 Å². The molecule has 1 aromatic heterocycles. The molecule has 1 heterocycles. The first-order chi connectivity index (χ1) is 11.0. The number of ether oxygens (including phenoxy) is 1. The quantitative estimate of drug-likeness (QED) is 0.814. The van der Waals surface area contributed by atoms with Gasteiger partial charge in [-0.05, 0) is 57.7 Å². The highest BCUT2D eigenvalue weighted by molar-refractivity contribution is 5.89. The third-order valence-electron chi connectivity index (χ3n) is 4.08. The minimum absolute atomic E-state index is 0.176. The largest absolute Gasteiger partial charge is 0.497 e. The van der Waals surface area contributed by atoms with Gasteiger partial charge in [0.25, 0.3) is 0 Å². The summed E-state index contributed by atoms with van der Waals surface area (Å²) in [5.41, 5.74) is 2.05. The van der Waals surface area contributed by atoms with Crippen LogP contribution >= 0.6 is 0 Å². The van der Waals surface area contributed by atoms with Crippen molar-refractivity contribution in [1.82, 2.24) is 14.8 Å². The standard InChI is InChI=1S/C18H27N3O2/c1-5-21(10-6-9-20(2)3)18(22)11-14-13-19-17-8-7-15(23-4)12-16(14)17/h7-8,12-13,19H,5-6,9-11H2,1-4H3. The molecule has 0 saturated carbocycles. The monoisotopic (exact) mass is 317 g/mol. The van der Waals surface area contributed by atoms with Crippen molar-refractivity contribution in [2.24, 2.45) is 0 Å². The number of rotatable bonds is 8. The summed E-state index contributed by atoms with van der Waals surface area (Å²) in [4.78, 5) is 19.9. The summed E-state index contributed by atoms with van der Waals surface area (Å²) >= 11 is 0. The van der Waals surface area contributed by atoms with Crippen molar-refractivity contribution in [3.8, 4) is 5.75 Å². The van der Waals surface area contributed by atoms with Crippen LogP contribution < -0.4 is 4.74 Å². The smallest absolute Gasteiger partial charge is 0.227 e. The Bertz CT molecular complexity index is 649. The van der Waals surface area contributed by atoms with Crippen molar-refractivity contribution in [2.75, 3.05) is 40.8 Å². The molecule has 5 heteroatoms. The minimum Gasteiger partial charge on any atom is -0.497 e. The average molecular weight is 317 g/mol. The van der Waals surface area contributed by atoms with E-state index in [4.69, 9.17) is 4.74 Å². The van der Waals surface area contributed by atoms with E-state index >= 15 is 0 Å². The lowest BCUT2D eigenvalue weighted by atomic mass is 10.1. The lowest BCUT2D eigenvalue weighted by molar-refractivity contribution is -0.130. The number of benzene rings is 1. The lowest BCUT2D eigenvalue weighted by Crippen LogP contribution is -2.34. The van der Waals surface area contributed by atoms with Crippen molar-refractivity contribution in [1.29, 1.82) is 0 Å². The maximum absolute atomic E-state index is 12.6. The Kier molecular flexibility index (Phi) is 6.04. The van der Waals surface area contributed by atoms with Crippen molar-refractivity contribution >= 4 is 16.8 Å². The zero-order valence-corrected chi connectivity index (χ0v) is 14.6. The maximum Gasteiger partial charge on any atom is 0.227 e. The Hall–Kier alpha value is -2.01. The van der Waals surface area contributed by atoms with E-state index in [0.29, 0.717) is 6.42 Å². The number of nitrogens with one attached hydrogen (secondary N) is 1. The summed E-state index contributed by atoms with van der Waals surface area (Å²) in [7, 11) is 5.76. The molecule has 0 unspecified atom stereocenters. The number of likely N-dealkylation sites (N-methyl/N-ethyl adjacent to an activating group) is 1. The molecule has 0 spiro atoms. The second-order valence-corrected chi connectivity index (χ2v) is 6.03. The van der Waals surface area contributed by atoms with E-state index in [1.54, 1.807) is 7.11 Å². The number of amides is 1. The molecule has 1 amide bonds. The first kappa shape index (κ1) is 17.3. The number of aromatic nitrogens is 1. The van der Waals surface area contributed by atoms with Crippen LogP contribution in [-0.2, 0) is 11.2 Å². The van der Waals surface area contributed by atoms with E-state index in [1.165, 1.54) is 0 Å². The summed E-state index contributed by atoms with van der Waals surface area (Å²) in [6, 6.07) is 5.89. The molecule has 2 aromatic rings. The molecule has 1 N–H and O–H groups in total. The fourth-order valence-corrected chi connectivity index (χ4v) is 2.74. The van der Waals surface area contributed by atoms with Crippen LogP contribution in [0.15, 0.2) is 24.4 Å². The van der Waals surface area contributed by atoms with E-state index in [-0.39, 0.29) is 5.91 Å². The molecule has 0 bridgehead atoms. The highest BCUT2D eigenvalue weighted by Gasteiger charge is 2.15. The second kappa shape index (κ2) is 8.02. The molecule has 1 aromatic carbocycles. The third-order valence-corrected chi connectivity index (χ3v) is 4.08. The van der Waals surface area contributed by atoms with Crippen LogP contribution in [0, 0.1) is 0 Å². The van der Waals surface area contributed by atoms with Gasteiger partial charge in [-0.25, -0.2) is 0 Å². The number of hydrogen-bond donors (Lipinski definition) is 1. The van der Waals surface area contributed by atoms with Crippen LogP contribution in [0.1, 0.15) is 18.9 Å². The van der Waals surface area contributed by atoms with Gasteiger partial charge in [0.05, 0.1) is 13.5 Å². The summed E-state index contributed by atoms with van der Waals surface area (Å²) in [5.74, 6) is 0.985. The molecule has 0 radical (unpaired) electrons. The maximum atomic E-state index is 12.6. The van der Waals surface area contributed by atoms with Gasteiger partial charge in [0, 0.05) is 30.2 Å². The Labute approximate surface area is 138 Å². The minimum atomic E-state index is 0.176. The van der Waals surface area contributed by atoms with Crippen molar-refractivity contribution < 1.29 is 9.53 Å². The number of nitrogens with zero attached hydrogens (tertiary/aromatic N) is 2. The van der Waals surface area contributed by atoms with Gasteiger partial charge in [0.15, 0.2) is 0 Å². The van der Waals surface area contributed by atoms with Gasteiger partial charge >= 0.3 is 0 Å². The average Bonchev–Trinajstić information content (AvgIpc) is 2.93. The van der Waals surface area contributed by atoms with Crippen molar-refractivity contribution in [3.63, 3.8) is 0 Å². The normalized spacial score (nSPS) is 11.2. The van der Waals surface area contributed by atoms with E-state index < -0.39 is 0 Å². The fraction of sp³-hybridized carbons (Fsp3) is 0.500. The number of H-pyrrole nitrogens is 1. The lowest BCUT2D eigenvalue weighted by Gasteiger charge is -2.21. The first-order valence-electron chi connectivity index (χ1n) is 8.11. The zero-order valence-electron chi connectivity index (χ0n) is 14.6. The van der Waals surface area contributed by atoms with Gasteiger partial charge in [-0.1, -0.05) is 0 Å². The van der Waals surface area contributed by atoms with Crippen molar-refractivity contribution in [3.05, 3.63) is 30.0 Å². The van der Waals surface area contributed by atoms with Gasteiger partial charge < -0.3 is 19.5 Å². The Balaban J connectivity index is 2.06. The summed E-state index contributed by atoms with van der Waals surface area (Å²) in [5, 5.41) is 1.06. The first-order valence-corrected chi connectivity index (χ1v) is 8.11. The third kappa shape index (κ3) is 4.48. The SMILES string of the molecule is CCN(CCCN(C)C)C(=O)Cc1c[nH]c2ccc(OC)cc12. The summed E-state index contributed by atoms with van der Waals surface area (Å²) in [6.45, 7) is 4.58. The molecular weight excluding hydrogens is 290 g/mol. The Morgan fingerprint density at radius 1 is 1.26 bits per heavy atom. The number of carbonyl (C=O) groups excluding carboxylic acids is 1. The molecular formula is C18H27N3O2. The number of carbonyl (C=O) groups is 1. The molecule has 0 fully saturated rings. The summed E-state index contributed by atoms with van der Waals surface area (Å²) in [6.07, 6.45) is 3.34. The highest BCUT2D eigenvalue weighted by atomic mass is 16.5. The van der Waals surface area contributed by atoms with Gasteiger partial charge in [-0.15, -0.1) is 0 Å². The van der Waals surface area contributed by atoms with E-state index in [1.807, 2.05) is 36.2 Å². The zero-order chi connectivity index (χ0) is 16.8. The molecule has 2 rings (SSSR count). The van der Waals surface area contributed by atoms with Crippen LogP contribution in [0.4, 0.5) is 0 Å². The Morgan fingerprint density at radius 2 is 2.04 bits per heavy atom. The second-order valence-electron chi connectivity index (χ2n) is 6.03. The van der Waals surface area contributed by atoms with Gasteiger partial charge in [-0.2, -0.15) is 0 Å². The number of fused-ring (bicyclic) bond motifs is 1. The predicted molar refractivity (Wildman–Crippen MR) is 94.0 cm³/mol. The van der Waals surface area contributed by atoms with E-state index in [0.717, 1.165) is 48.3 Å². The number of methoxy groups -OCH3 is 1. The molecule has 0 saturated heterocycles. The van der Waals surface area contributed by atoms with Crippen molar-refractivity contribution in [2.45, 2.75) is 19.8 Å². The molecule has 0 aliphatic carbocycles. The van der Waals surface area contributed by atoms with Gasteiger partial charge in [0.1, 0.15) is 5.75 Å². The highest BCUT2D eigenvalue weighted by Crippen LogP contribution is 2.24. The molecule has 23 heavy (non-hydrogen) atoms. The molecule has 0 atom stereocenters. The Morgan fingerprint density at radius 3 is 2.70 bits per heavy atom. The number of aromatic amines is 1. The fourth-order valence-electron chi connectivity index (χ4n) is 2.74.